The minimum atomic E-state index is 0.744. The minimum absolute atomic E-state index is 0.744. The Kier molecular flexibility index (Phi) is 5.10. The SMILES string of the molecule is Cn1c(N2CCc3nc(OCCCN4CCCC4)ccc3C2)nc2ccccc21. The number of pyridine rings is 1. The highest BCUT2D eigenvalue weighted by atomic mass is 16.5. The number of para-hydroxylation sites is 2. The van der Waals surface area contributed by atoms with Gasteiger partial charge in [-0.15, -0.1) is 0 Å². The molecule has 6 nitrogen and oxygen atoms in total. The number of fused-ring (bicyclic) bond motifs is 2. The largest absolute Gasteiger partial charge is 0.478 e. The van der Waals surface area contributed by atoms with Crippen molar-refractivity contribution in [3.05, 3.63) is 47.7 Å². The maximum Gasteiger partial charge on any atom is 0.213 e. The van der Waals surface area contributed by atoms with E-state index < -0.39 is 0 Å². The molecule has 0 unspecified atom stereocenters. The lowest BCUT2D eigenvalue weighted by molar-refractivity contribution is 0.256. The van der Waals surface area contributed by atoms with Gasteiger partial charge in [-0.3, -0.25) is 0 Å². The third kappa shape index (κ3) is 3.81. The fraction of sp³-hybridized carbons (Fsp3) is 0.478. The molecule has 0 bridgehead atoms. The number of anilines is 1. The molecule has 1 fully saturated rings. The number of hydrogen-bond donors (Lipinski definition) is 0. The van der Waals surface area contributed by atoms with Crippen LogP contribution in [0, 0.1) is 0 Å². The van der Waals surface area contributed by atoms with Crippen LogP contribution in [0.5, 0.6) is 5.88 Å². The van der Waals surface area contributed by atoms with E-state index in [1.165, 1.54) is 37.0 Å². The number of rotatable bonds is 6. The molecular weight excluding hydrogens is 362 g/mol. The van der Waals surface area contributed by atoms with Crippen LogP contribution in [0.2, 0.25) is 0 Å². The summed E-state index contributed by atoms with van der Waals surface area (Å²) in [5.41, 5.74) is 4.65. The van der Waals surface area contributed by atoms with Crippen molar-refractivity contribution >= 4 is 17.0 Å². The number of nitrogens with zero attached hydrogens (tertiary/aromatic N) is 5. The van der Waals surface area contributed by atoms with E-state index in [0.29, 0.717) is 0 Å². The van der Waals surface area contributed by atoms with Crippen molar-refractivity contribution < 1.29 is 4.74 Å². The topological polar surface area (TPSA) is 46.4 Å². The highest BCUT2D eigenvalue weighted by Gasteiger charge is 2.22. The van der Waals surface area contributed by atoms with Crippen LogP contribution in [0.25, 0.3) is 11.0 Å². The summed E-state index contributed by atoms with van der Waals surface area (Å²) in [5, 5.41) is 0. The van der Waals surface area contributed by atoms with Crippen molar-refractivity contribution in [1.82, 2.24) is 19.4 Å². The van der Waals surface area contributed by atoms with E-state index in [0.717, 1.165) is 62.1 Å². The Labute approximate surface area is 172 Å². The molecule has 2 aliphatic rings. The first-order valence-corrected chi connectivity index (χ1v) is 10.8. The van der Waals surface area contributed by atoms with Gasteiger partial charge in [0, 0.05) is 39.2 Å². The van der Waals surface area contributed by atoms with Crippen LogP contribution in [-0.4, -0.2) is 52.2 Å². The first-order valence-electron chi connectivity index (χ1n) is 10.8. The molecule has 1 aromatic carbocycles. The first kappa shape index (κ1) is 18.4. The normalized spacial score (nSPS) is 17.1. The van der Waals surface area contributed by atoms with Gasteiger partial charge in [0.2, 0.25) is 11.8 Å². The fourth-order valence-corrected chi connectivity index (χ4v) is 4.53. The molecule has 4 heterocycles. The first-order chi connectivity index (χ1) is 14.3. The summed E-state index contributed by atoms with van der Waals surface area (Å²) in [7, 11) is 2.09. The smallest absolute Gasteiger partial charge is 0.213 e. The number of ether oxygens (including phenoxy) is 1. The molecule has 5 rings (SSSR count). The van der Waals surface area contributed by atoms with Crippen LogP contribution >= 0.6 is 0 Å². The summed E-state index contributed by atoms with van der Waals surface area (Å²) in [5.74, 6) is 1.79. The maximum absolute atomic E-state index is 5.93. The molecule has 29 heavy (non-hydrogen) atoms. The van der Waals surface area contributed by atoms with Gasteiger partial charge in [-0.05, 0) is 50.0 Å². The second-order valence-corrected chi connectivity index (χ2v) is 8.14. The van der Waals surface area contributed by atoms with Crippen LogP contribution in [-0.2, 0) is 20.0 Å². The van der Waals surface area contributed by atoms with Crippen molar-refractivity contribution in [2.75, 3.05) is 37.7 Å². The van der Waals surface area contributed by atoms with Crippen molar-refractivity contribution in [2.24, 2.45) is 7.05 Å². The van der Waals surface area contributed by atoms with Gasteiger partial charge in [0.15, 0.2) is 0 Å². The van der Waals surface area contributed by atoms with E-state index in [2.05, 4.69) is 45.7 Å². The number of likely N-dealkylation sites (tertiary alicyclic amines) is 1. The molecule has 0 radical (unpaired) electrons. The monoisotopic (exact) mass is 391 g/mol. The summed E-state index contributed by atoms with van der Waals surface area (Å²) in [6.45, 7) is 6.15. The van der Waals surface area contributed by atoms with E-state index in [4.69, 9.17) is 14.7 Å². The molecule has 0 spiro atoms. The molecule has 0 saturated carbocycles. The van der Waals surface area contributed by atoms with E-state index in [-0.39, 0.29) is 0 Å². The molecule has 0 aliphatic carbocycles. The lowest BCUT2D eigenvalue weighted by Gasteiger charge is -2.29. The van der Waals surface area contributed by atoms with Gasteiger partial charge in [-0.2, -0.15) is 0 Å². The quantitative estimate of drug-likeness (QED) is 0.603. The van der Waals surface area contributed by atoms with Gasteiger partial charge in [-0.1, -0.05) is 18.2 Å². The van der Waals surface area contributed by atoms with Crippen molar-refractivity contribution in [1.29, 1.82) is 0 Å². The van der Waals surface area contributed by atoms with Crippen molar-refractivity contribution in [3.63, 3.8) is 0 Å². The third-order valence-corrected chi connectivity index (χ3v) is 6.14. The van der Waals surface area contributed by atoms with Crippen molar-refractivity contribution in [3.8, 4) is 5.88 Å². The molecule has 0 N–H and O–H groups in total. The van der Waals surface area contributed by atoms with Crippen molar-refractivity contribution in [2.45, 2.75) is 32.2 Å². The average molecular weight is 392 g/mol. The Morgan fingerprint density at radius 2 is 1.86 bits per heavy atom. The van der Waals surface area contributed by atoms with Gasteiger partial charge in [-0.25, -0.2) is 9.97 Å². The highest BCUT2D eigenvalue weighted by Crippen LogP contribution is 2.27. The van der Waals surface area contributed by atoms with Gasteiger partial charge in [0.1, 0.15) is 0 Å². The summed E-state index contributed by atoms with van der Waals surface area (Å²) in [4.78, 5) is 14.5. The van der Waals surface area contributed by atoms with Gasteiger partial charge < -0.3 is 19.1 Å². The number of hydrogen-bond acceptors (Lipinski definition) is 5. The van der Waals surface area contributed by atoms with Crippen LogP contribution in [0.4, 0.5) is 5.95 Å². The zero-order valence-corrected chi connectivity index (χ0v) is 17.2. The molecule has 2 aliphatic heterocycles. The summed E-state index contributed by atoms with van der Waals surface area (Å²) < 4.78 is 8.12. The number of aromatic nitrogens is 3. The van der Waals surface area contributed by atoms with E-state index in [1.54, 1.807) is 0 Å². The fourth-order valence-electron chi connectivity index (χ4n) is 4.53. The predicted octanol–water partition coefficient (Wildman–Crippen LogP) is 3.40. The highest BCUT2D eigenvalue weighted by molar-refractivity contribution is 5.78. The number of imidazole rings is 1. The summed E-state index contributed by atoms with van der Waals surface area (Å²) in [6.07, 6.45) is 4.68. The van der Waals surface area contributed by atoms with E-state index in [1.807, 2.05) is 12.1 Å². The molecule has 152 valence electrons. The number of aryl methyl sites for hydroxylation is 1. The Balaban J connectivity index is 1.22. The van der Waals surface area contributed by atoms with Gasteiger partial charge in [0.25, 0.3) is 0 Å². The molecule has 2 aromatic heterocycles. The Morgan fingerprint density at radius 1 is 1.00 bits per heavy atom. The predicted molar refractivity (Wildman–Crippen MR) is 115 cm³/mol. The standard InChI is InChI=1S/C23H29N5O/c1-26-21-8-3-2-7-20(21)25-23(26)28-15-11-19-18(17-28)9-10-22(24-19)29-16-6-14-27-12-4-5-13-27/h2-3,7-10H,4-6,11-17H2,1H3. The van der Waals surface area contributed by atoms with Gasteiger partial charge in [0.05, 0.1) is 23.3 Å². The molecule has 6 heteroatoms. The minimum Gasteiger partial charge on any atom is -0.478 e. The Morgan fingerprint density at radius 3 is 2.72 bits per heavy atom. The van der Waals surface area contributed by atoms with E-state index >= 15 is 0 Å². The number of benzene rings is 1. The summed E-state index contributed by atoms with van der Waals surface area (Å²) in [6, 6.07) is 12.5. The Bertz CT molecular complexity index is 992. The van der Waals surface area contributed by atoms with Gasteiger partial charge >= 0.3 is 0 Å². The van der Waals surface area contributed by atoms with Crippen LogP contribution in [0.15, 0.2) is 36.4 Å². The maximum atomic E-state index is 5.93. The lowest BCUT2D eigenvalue weighted by Crippen LogP contribution is -2.32. The van der Waals surface area contributed by atoms with E-state index in [9.17, 15) is 0 Å². The zero-order valence-electron chi connectivity index (χ0n) is 17.2. The Hall–Kier alpha value is -2.60. The summed E-state index contributed by atoms with van der Waals surface area (Å²) >= 11 is 0. The second-order valence-electron chi connectivity index (χ2n) is 8.14. The third-order valence-electron chi connectivity index (χ3n) is 6.14. The second kappa shape index (κ2) is 8.03. The molecule has 3 aromatic rings. The average Bonchev–Trinajstić information content (AvgIpc) is 3.39. The molecule has 1 saturated heterocycles. The van der Waals surface area contributed by atoms with Crippen LogP contribution < -0.4 is 9.64 Å². The molecule has 0 amide bonds. The van der Waals surface area contributed by atoms with Crippen LogP contribution in [0.1, 0.15) is 30.5 Å². The lowest BCUT2D eigenvalue weighted by atomic mass is 10.1. The zero-order chi connectivity index (χ0) is 19.6. The molecular formula is C23H29N5O. The van der Waals surface area contributed by atoms with Crippen LogP contribution in [0.3, 0.4) is 0 Å². The molecule has 0 atom stereocenters.